The number of carbonyl (C=O) groups excluding carboxylic acids is 5. The standard InChI is InChI=1S/C23H30N6O9S2.ClH/c1-6-35-28-15(13-9-40-22(25-13)27-17(30)11(4)24)18(31)26-16-19(32)29-14(7-8-39-20(16)29)21(33)37-12(5)38-23(34)36-10(2)3;/h7,9-12,16,20H,6,8,24H2,1-5H3,(H,26,31)(H,25,27,30);1H/t11-,12?,16?,20+;/m0./s1. The van der Waals surface area contributed by atoms with Gasteiger partial charge in [0, 0.05) is 18.1 Å². The highest BCUT2D eigenvalue weighted by molar-refractivity contribution is 8.00. The van der Waals surface area contributed by atoms with Crippen molar-refractivity contribution in [3.05, 3.63) is 22.8 Å². The number of fused-ring (bicyclic) bond motifs is 1. The summed E-state index contributed by atoms with van der Waals surface area (Å²) in [7, 11) is 0. The highest BCUT2D eigenvalue weighted by Gasteiger charge is 2.53. The number of amides is 3. The molecular weight excluding hydrogens is 604 g/mol. The summed E-state index contributed by atoms with van der Waals surface area (Å²) in [5, 5.41) is 10.1. The molecular formula is C23H31ClN6O9S2. The van der Waals surface area contributed by atoms with Crippen LogP contribution in [0.15, 0.2) is 22.3 Å². The molecule has 0 radical (unpaired) electrons. The van der Waals surface area contributed by atoms with Crippen molar-refractivity contribution in [3.63, 3.8) is 0 Å². The summed E-state index contributed by atoms with van der Waals surface area (Å²) in [5.74, 6) is -2.28. The van der Waals surface area contributed by atoms with E-state index in [1.54, 1.807) is 20.8 Å². The minimum Gasteiger partial charge on any atom is -0.431 e. The van der Waals surface area contributed by atoms with E-state index >= 15 is 0 Å². The lowest BCUT2D eigenvalue weighted by Crippen LogP contribution is -2.70. The Morgan fingerprint density at radius 3 is 2.54 bits per heavy atom. The van der Waals surface area contributed by atoms with E-state index < -0.39 is 59.7 Å². The number of nitrogens with one attached hydrogen (secondary N) is 2. The molecule has 1 saturated heterocycles. The van der Waals surface area contributed by atoms with Crippen molar-refractivity contribution >= 4 is 76.2 Å². The molecule has 2 aliphatic heterocycles. The van der Waals surface area contributed by atoms with Gasteiger partial charge in [-0.25, -0.2) is 14.6 Å². The van der Waals surface area contributed by atoms with Crippen molar-refractivity contribution in [3.8, 4) is 0 Å². The number of hydrogen-bond donors (Lipinski definition) is 3. The number of aromatic nitrogens is 1. The first-order valence-electron chi connectivity index (χ1n) is 12.2. The Bertz CT molecular complexity index is 1220. The second-order valence-corrected chi connectivity index (χ2v) is 10.7. The molecule has 4 N–H and O–H groups in total. The van der Waals surface area contributed by atoms with Gasteiger partial charge in [-0.2, -0.15) is 0 Å². The van der Waals surface area contributed by atoms with Crippen molar-refractivity contribution in [2.75, 3.05) is 17.7 Å². The van der Waals surface area contributed by atoms with Gasteiger partial charge in [-0.05, 0) is 33.8 Å². The van der Waals surface area contributed by atoms with Crippen molar-refractivity contribution in [1.82, 2.24) is 15.2 Å². The monoisotopic (exact) mass is 634 g/mol. The third-order valence-electron chi connectivity index (χ3n) is 5.10. The van der Waals surface area contributed by atoms with Crippen LogP contribution in [0.5, 0.6) is 0 Å². The smallest absolute Gasteiger partial charge is 0.431 e. The highest BCUT2D eigenvalue weighted by Crippen LogP contribution is 2.38. The van der Waals surface area contributed by atoms with Gasteiger partial charge < -0.3 is 35.4 Å². The van der Waals surface area contributed by atoms with Gasteiger partial charge in [0.05, 0.1) is 12.1 Å². The predicted octanol–water partition coefficient (Wildman–Crippen LogP) is 1.33. The normalized spacial score (nSPS) is 19.4. The van der Waals surface area contributed by atoms with Gasteiger partial charge in [-0.1, -0.05) is 5.16 Å². The van der Waals surface area contributed by atoms with Crippen molar-refractivity contribution < 1.29 is 43.0 Å². The molecule has 0 aromatic carbocycles. The number of anilines is 1. The summed E-state index contributed by atoms with van der Waals surface area (Å²) in [6, 6.07) is -1.74. The fraction of sp³-hybridized carbons (Fsp3) is 0.522. The molecule has 3 amide bonds. The van der Waals surface area contributed by atoms with Crippen LogP contribution in [0.1, 0.15) is 40.3 Å². The second-order valence-electron chi connectivity index (χ2n) is 8.65. The van der Waals surface area contributed by atoms with Gasteiger partial charge in [0.2, 0.25) is 12.2 Å². The summed E-state index contributed by atoms with van der Waals surface area (Å²) in [5.41, 5.74) is 5.43. The maximum Gasteiger partial charge on any atom is 0.511 e. The summed E-state index contributed by atoms with van der Waals surface area (Å²) in [6.07, 6.45) is -1.18. The lowest BCUT2D eigenvalue weighted by Gasteiger charge is -2.48. The maximum absolute atomic E-state index is 13.1. The summed E-state index contributed by atoms with van der Waals surface area (Å²) in [6.45, 7) is 7.96. The average molecular weight is 635 g/mol. The van der Waals surface area contributed by atoms with E-state index in [9.17, 15) is 24.0 Å². The fourth-order valence-corrected chi connectivity index (χ4v) is 5.22. The molecule has 1 aromatic rings. The lowest BCUT2D eigenvalue weighted by molar-refractivity contribution is -0.169. The zero-order valence-electron chi connectivity index (χ0n) is 22.8. The molecule has 0 bridgehead atoms. The van der Waals surface area contributed by atoms with Crippen LogP contribution in [0.4, 0.5) is 9.93 Å². The molecule has 41 heavy (non-hydrogen) atoms. The molecule has 4 atom stereocenters. The van der Waals surface area contributed by atoms with E-state index in [1.807, 2.05) is 0 Å². The number of β-lactam (4-membered cyclic amide) rings is 1. The van der Waals surface area contributed by atoms with Crippen molar-refractivity contribution in [2.24, 2.45) is 10.9 Å². The van der Waals surface area contributed by atoms with Gasteiger partial charge >= 0.3 is 12.1 Å². The van der Waals surface area contributed by atoms with E-state index in [-0.39, 0.29) is 41.2 Å². The first-order valence-corrected chi connectivity index (χ1v) is 14.1. The SMILES string of the molecule is CCON=C(C(=O)NC1C(=O)N2C(C(=O)OC(C)OC(=O)OC(C)C)=CCS[C@H]12)c1csc(NC(=O)[C@H](C)N)n1.Cl. The summed E-state index contributed by atoms with van der Waals surface area (Å²) >= 11 is 2.37. The van der Waals surface area contributed by atoms with E-state index in [4.69, 9.17) is 24.8 Å². The number of ether oxygens (including phenoxy) is 3. The van der Waals surface area contributed by atoms with Crippen molar-refractivity contribution in [2.45, 2.75) is 64.5 Å². The number of nitrogens with two attached hydrogens (primary N) is 1. The molecule has 226 valence electrons. The molecule has 1 aromatic heterocycles. The number of rotatable bonds is 11. The quantitative estimate of drug-likeness (QED) is 0.104. The Labute approximate surface area is 249 Å². The molecule has 2 aliphatic rings. The van der Waals surface area contributed by atoms with Gasteiger partial charge in [0.15, 0.2) is 10.8 Å². The maximum atomic E-state index is 13.1. The van der Waals surface area contributed by atoms with E-state index in [2.05, 4.69) is 20.8 Å². The van der Waals surface area contributed by atoms with Crippen LogP contribution < -0.4 is 16.4 Å². The van der Waals surface area contributed by atoms with Crippen LogP contribution in [0.3, 0.4) is 0 Å². The molecule has 1 fully saturated rings. The predicted molar refractivity (Wildman–Crippen MR) is 151 cm³/mol. The third kappa shape index (κ3) is 8.54. The number of thiazole rings is 1. The van der Waals surface area contributed by atoms with Crippen LogP contribution in [-0.2, 0) is 38.2 Å². The van der Waals surface area contributed by atoms with Gasteiger partial charge in [0.25, 0.3) is 11.8 Å². The first-order chi connectivity index (χ1) is 18.9. The Morgan fingerprint density at radius 1 is 1.20 bits per heavy atom. The number of esters is 1. The number of nitrogens with zero attached hydrogens (tertiary/aromatic N) is 3. The Kier molecular flexibility index (Phi) is 12.4. The zero-order valence-corrected chi connectivity index (χ0v) is 25.2. The number of halogens is 1. The topological polar surface area (TPSA) is 201 Å². The number of oxime groups is 1. The highest BCUT2D eigenvalue weighted by atomic mass is 35.5. The zero-order chi connectivity index (χ0) is 29.6. The molecule has 0 aliphatic carbocycles. The molecule has 3 heterocycles. The van der Waals surface area contributed by atoms with Crippen molar-refractivity contribution in [1.29, 1.82) is 0 Å². The fourth-order valence-electron chi connectivity index (χ4n) is 3.32. The van der Waals surface area contributed by atoms with Gasteiger partial charge in [-0.3, -0.25) is 19.3 Å². The largest absolute Gasteiger partial charge is 0.511 e. The van der Waals surface area contributed by atoms with E-state index in [1.165, 1.54) is 42.0 Å². The van der Waals surface area contributed by atoms with Crippen LogP contribution in [0, 0.1) is 0 Å². The molecule has 2 unspecified atom stereocenters. The van der Waals surface area contributed by atoms with Crippen LogP contribution in [-0.4, -0.2) is 87.7 Å². The first kappa shape index (κ1) is 33.8. The Hall–Kier alpha value is -3.41. The third-order valence-corrected chi connectivity index (χ3v) is 7.04. The summed E-state index contributed by atoms with van der Waals surface area (Å²) in [4.78, 5) is 72.8. The summed E-state index contributed by atoms with van der Waals surface area (Å²) < 4.78 is 14.9. The minimum absolute atomic E-state index is 0. The molecule has 0 spiro atoms. The van der Waals surface area contributed by atoms with Crippen LogP contribution in [0.2, 0.25) is 0 Å². The number of carbonyl (C=O) groups is 5. The van der Waals surface area contributed by atoms with E-state index in [0.29, 0.717) is 5.75 Å². The van der Waals surface area contributed by atoms with E-state index in [0.717, 1.165) is 11.3 Å². The van der Waals surface area contributed by atoms with Gasteiger partial charge in [0.1, 0.15) is 29.4 Å². The number of thioether (sulfide) groups is 1. The Morgan fingerprint density at radius 2 is 1.90 bits per heavy atom. The molecule has 3 rings (SSSR count). The molecule has 18 heteroatoms. The Balaban J connectivity index is 0.00000588. The van der Waals surface area contributed by atoms with Gasteiger partial charge in [-0.15, -0.1) is 35.5 Å². The van der Waals surface area contributed by atoms with Crippen LogP contribution >= 0.6 is 35.5 Å². The minimum atomic E-state index is -1.27. The molecule has 15 nitrogen and oxygen atoms in total. The lowest BCUT2D eigenvalue weighted by atomic mass is 10.0. The average Bonchev–Trinajstić information content (AvgIpc) is 3.33. The second kappa shape index (κ2) is 15.0. The van der Waals surface area contributed by atoms with Crippen LogP contribution in [0.25, 0.3) is 0 Å². The number of hydrogen-bond acceptors (Lipinski definition) is 14. The molecule has 0 saturated carbocycles.